The number of carbonyl (C=O) groups is 3. The van der Waals surface area contributed by atoms with Crippen LogP contribution >= 0.6 is 0 Å². The van der Waals surface area contributed by atoms with Gasteiger partial charge in [-0.05, 0) is 78.3 Å². The Morgan fingerprint density at radius 2 is 1.49 bits per heavy atom. The molecule has 1 saturated carbocycles. The molecule has 1 atom stereocenters. The van der Waals surface area contributed by atoms with Crippen molar-refractivity contribution in [2.75, 3.05) is 11.9 Å². The maximum atomic E-state index is 13.5. The Balaban J connectivity index is 1.52. The van der Waals surface area contributed by atoms with Gasteiger partial charge >= 0.3 is 12.1 Å². The van der Waals surface area contributed by atoms with Crippen LogP contribution in [0.3, 0.4) is 0 Å². The summed E-state index contributed by atoms with van der Waals surface area (Å²) in [6, 6.07) is 19.1. The summed E-state index contributed by atoms with van der Waals surface area (Å²) in [6.45, 7) is 0.0129. The first-order chi connectivity index (χ1) is 19.6. The molecule has 216 valence electrons. The molecule has 6 nitrogen and oxygen atoms in total. The number of nitrogens with one attached hydrogen (secondary N) is 2. The van der Waals surface area contributed by atoms with Crippen molar-refractivity contribution in [3.05, 3.63) is 101 Å². The Bertz CT molecular complexity index is 1330. The molecule has 1 aliphatic rings. The van der Waals surface area contributed by atoms with Crippen LogP contribution in [0.5, 0.6) is 0 Å². The first kappa shape index (κ1) is 29.8. The lowest BCUT2D eigenvalue weighted by Gasteiger charge is -2.23. The number of halogens is 3. The molecule has 1 fully saturated rings. The highest BCUT2D eigenvalue weighted by molar-refractivity contribution is 5.96. The van der Waals surface area contributed by atoms with Crippen LogP contribution in [0, 0.1) is 0 Å². The Hall–Kier alpha value is -4.14. The van der Waals surface area contributed by atoms with Gasteiger partial charge in [0.2, 0.25) is 5.91 Å². The highest BCUT2D eigenvalue weighted by Crippen LogP contribution is 2.34. The van der Waals surface area contributed by atoms with Crippen LogP contribution in [-0.4, -0.2) is 29.4 Å². The highest BCUT2D eigenvalue weighted by atomic mass is 19.4. The van der Waals surface area contributed by atoms with E-state index in [-0.39, 0.29) is 24.6 Å². The molecule has 0 aliphatic heterocycles. The van der Waals surface area contributed by atoms with Crippen LogP contribution in [0.25, 0.3) is 0 Å². The van der Waals surface area contributed by atoms with Crippen molar-refractivity contribution >= 4 is 23.5 Å². The van der Waals surface area contributed by atoms with Crippen LogP contribution in [0.1, 0.15) is 83.0 Å². The third-order valence-corrected chi connectivity index (χ3v) is 7.49. The quantitative estimate of drug-likeness (QED) is 0.248. The maximum absolute atomic E-state index is 13.5. The number of hydrogen-bond acceptors (Lipinski definition) is 3. The Kier molecular flexibility index (Phi) is 9.81. The zero-order valence-electron chi connectivity index (χ0n) is 22.5. The zero-order valence-corrected chi connectivity index (χ0v) is 22.5. The molecule has 3 aromatic rings. The minimum absolute atomic E-state index is 0.0129. The summed E-state index contributed by atoms with van der Waals surface area (Å²) >= 11 is 0. The van der Waals surface area contributed by atoms with Crippen molar-refractivity contribution in [3.63, 3.8) is 0 Å². The molecule has 9 heteroatoms. The van der Waals surface area contributed by atoms with Crippen molar-refractivity contribution in [1.29, 1.82) is 0 Å². The molecule has 4 rings (SSSR count). The minimum Gasteiger partial charge on any atom is -0.481 e. The SMILES string of the molecule is O=C(O)CCNC(=O)c1ccc(CC(C(=O)Nc2ccc(C(F)(F)F)cc2)c2ccc(C3CCCCC3)cc2)cc1. The molecular formula is C32H33F3N2O4. The third-order valence-electron chi connectivity index (χ3n) is 7.49. The Morgan fingerprint density at radius 3 is 2.07 bits per heavy atom. The summed E-state index contributed by atoms with van der Waals surface area (Å²) in [5, 5.41) is 14.1. The summed E-state index contributed by atoms with van der Waals surface area (Å²) < 4.78 is 38.9. The van der Waals surface area contributed by atoms with Crippen molar-refractivity contribution in [3.8, 4) is 0 Å². The summed E-state index contributed by atoms with van der Waals surface area (Å²) in [5.41, 5.74) is 2.65. The average Bonchev–Trinajstić information content (AvgIpc) is 2.96. The monoisotopic (exact) mass is 566 g/mol. The van der Waals surface area contributed by atoms with E-state index >= 15 is 0 Å². The van der Waals surface area contributed by atoms with Crippen LogP contribution in [0.15, 0.2) is 72.8 Å². The van der Waals surface area contributed by atoms with Gasteiger partial charge in [0.15, 0.2) is 0 Å². The Labute approximate surface area is 237 Å². The minimum atomic E-state index is -4.47. The lowest BCUT2D eigenvalue weighted by molar-refractivity contribution is -0.138. The fourth-order valence-electron chi connectivity index (χ4n) is 5.18. The molecule has 1 aliphatic carbocycles. The van der Waals surface area contributed by atoms with E-state index in [0.29, 0.717) is 17.9 Å². The number of carboxylic acid groups (broad SMARTS) is 1. The standard InChI is InChI=1S/C32H33F3N2O4/c33-32(34,35)26-14-16-27(17-15-26)37-31(41)28(24-12-10-23(11-13-24)22-4-2-1-3-5-22)20-21-6-8-25(9-7-21)30(40)36-19-18-29(38)39/h6-17,22,28H,1-5,18-20H2,(H,36,40)(H,37,41)(H,38,39). The topological polar surface area (TPSA) is 95.5 Å². The van der Waals surface area contributed by atoms with Gasteiger partial charge in [0.25, 0.3) is 5.91 Å². The van der Waals surface area contributed by atoms with Crippen molar-refractivity contribution in [2.45, 2.75) is 63.0 Å². The molecule has 0 heterocycles. The van der Waals surface area contributed by atoms with Crippen molar-refractivity contribution in [1.82, 2.24) is 5.32 Å². The van der Waals surface area contributed by atoms with E-state index in [1.165, 1.54) is 37.0 Å². The van der Waals surface area contributed by atoms with Gasteiger partial charge in [-0.1, -0.05) is 55.7 Å². The second-order valence-corrected chi connectivity index (χ2v) is 10.4. The van der Waals surface area contributed by atoms with E-state index in [1.54, 1.807) is 24.3 Å². The fraction of sp³-hybridized carbons (Fsp3) is 0.344. The molecular weight excluding hydrogens is 533 g/mol. The third kappa shape index (κ3) is 8.42. The number of amides is 2. The lowest BCUT2D eigenvalue weighted by Crippen LogP contribution is -2.26. The van der Waals surface area contributed by atoms with E-state index in [1.807, 2.05) is 12.1 Å². The molecule has 0 spiro atoms. The molecule has 2 amide bonds. The lowest BCUT2D eigenvalue weighted by atomic mass is 9.83. The fourth-order valence-corrected chi connectivity index (χ4v) is 5.18. The summed E-state index contributed by atoms with van der Waals surface area (Å²) in [5.74, 6) is -1.88. The van der Waals surface area contributed by atoms with Crippen LogP contribution in [0.2, 0.25) is 0 Å². The number of rotatable bonds is 10. The van der Waals surface area contributed by atoms with Gasteiger partial charge < -0.3 is 15.7 Å². The molecule has 0 radical (unpaired) electrons. The Morgan fingerprint density at radius 1 is 0.854 bits per heavy atom. The predicted molar refractivity (Wildman–Crippen MR) is 150 cm³/mol. The molecule has 0 saturated heterocycles. The van der Waals surface area contributed by atoms with Crippen LogP contribution in [0.4, 0.5) is 18.9 Å². The van der Waals surface area contributed by atoms with Gasteiger partial charge in [-0.2, -0.15) is 13.2 Å². The molecule has 0 bridgehead atoms. The van der Waals surface area contributed by atoms with Crippen molar-refractivity contribution < 1.29 is 32.7 Å². The normalized spacial score (nSPS) is 14.7. The van der Waals surface area contributed by atoms with Crippen LogP contribution in [-0.2, 0) is 22.2 Å². The van der Waals surface area contributed by atoms with E-state index in [2.05, 4.69) is 22.8 Å². The summed E-state index contributed by atoms with van der Waals surface area (Å²) in [6.07, 6.45) is 1.61. The molecule has 41 heavy (non-hydrogen) atoms. The van der Waals surface area contributed by atoms with Gasteiger partial charge in [0.05, 0.1) is 17.9 Å². The zero-order chi connectivity index (χ0) is 29.4. The van der Waals surface area contributed by atoms with Gasteiger partial charge in [0.1, 0.15) is 0 Å². The number of anilines is 1. The second-order valence-electron chi connectivity index (χ2n) is 10.4. The smallest absolute Gasteiger partial charge is 0.416 e. The second kappa shape index (κ2) is 13.5. The summed E-state index contributed by atoms with van der Waals surface area (Å²) in [4.78, 5) is 36.5. The maximum Gasteiger partial charge on any atom is 0.416 e. The number of benzene rings is 3. The van der Waals surface area contributed by atoms with Crippen molar-refractivity contribution in [2.24, 2.45) is 0 Å². The number of alkyl halides is 3. The molecule has 3 aromatic carbocycles. The molecule has 1 unspecified atom stereocenters. The first-order valence-electron chi connectivity index (χ1n) is 13.8. The number of aliphatic carboxylic acids is 1. The van der Waals surface area contributed by atoms with Gasteiger partial charge in [0, 0.05) is 17.8 Å². The van der Waals surface area contributed by atoms with E-state index in [4.69, 9.17) is 5.11 Å². The number of carbonyl (C=O) groups excluding carboxylic acids is 2. The molecule has 3 N–H and O–H groups in total. The largest absolute Gasteiger partial charge is 0.481 e. The number of carboxylic acids is 1. The van der Waals surface area contributed by atoms with E-state index < -0.39 is 29.5 Å². The summed E-state index contributed by atoms with van der Waals surface area (Å²) in [7, 11) is 0. The highest BCUT2D eigenvalue weighted by Gasteiger charge is 2.30. The van der Waals surface area contributed by atoms with E-state index in [0.717, 1.165) is 36.1 Å². The number of hydrogen-bond donors (Lipinski definition) is 3. The first-order valence-corrected chi connectivity index (χ1v) is 13.8. The van der Waals surface area contributed by atoms with Gasteiger partial charge in [-0.15, -0.1) is 0 Å². The van der Waals surface area contributed by atoms with Gasteiger partial charge in [-0.3, -0.25) is 14.4 Å². The average molecular weight is 567 g/mol. The van der Waals surface area contributed by atoms with Crippen LogP contribution < -0.4 is 10.6 Å². The predicted octanol–water partition coefficient (Wildman–Crippen LogP) is 6.92. The van der Waals surface area contributed by atoms with E-state index in [9.17, 15) is 27.6 Å². The van der Waals surface area contributed by atoms with Gasteiger partial charge in [-0.25, -0.2) is 0 Å². The molecule has 0 aromatic heterocycles.